The molecule has 1 rings (SSSR count). The second-order valence-electron chi connectivity index (χ2n) is 2.59. The number of ether oxygens (including phenoxy) is 1. The number of hydrogen-bond acceptors (Lipinski definition) is 4. The highest BCUT2D eigenvalue weighted by Crippen LogP contribution is 2.00. The second-order valence-corrected chi connectivity index (χ2v) is 2.59. The van der Waals surface area contributed by atoms with E-state index in [1.165, 1.54) is 6.47 Å². The summed E-state index contributed by atoms with van der Waals surface area (Å²) in [6, 6.07) is 0. The van der Waals surface area contributed by atoms with Crippen molar-refractivity contribution < 1.29 is 9.53 Å². The fourth-order valence-corrected chi connectivity index (χ4v) is 1.19. The predicted octanol–water partition coefficient (Wildman–Crippen LogP) is -0.679. The number of rotatable bonds is 3. The number of nitrogens with one attached hydrogen (secondary N) is 1. The Morgan fingerprint density at radius 3 is 2.73 bits per heavy atom. The van der Waals surface area contributed by atoms with Crippen molar-refractivity contribution in [3.63, 3.8) is 0 Å². The third kappa shape index (κ3) is 2.48. The molecule has 1 radical (unpaired) electrons. The SMILES string of the molecule is CC(O[C]=O)N1CCNCC1. The van der Waals surface area contributed by atoms with E-state index in [2.05, 4.69) is 15.0 Å². The largest absolute Gasteiger partial charge is 0.438 e. The monoisotopic (exact) mass is 157 g/mol. The summed E-state index contributed by atoms with van der Waals surface area (Å²) >= 11 is 0. The summed E-state index contributed by atoms with van der Waals surface area (Å²) in [5, 5.41) is 3.22. The Balaban J connectivity index is 2.26. The zero-order valence-electron chi connectivity index (χ0n) is 6.67. The highest BCUT2D eigenvalue weighted by molar-refractivity contribution is 5.38. The van der Waals surface area contributed by atoms with Crippen LogP contribution in [0.5, 0.6) is 0 Å². The maximum absolute atomic E-state index is 9.87. The van der Waals surface area contributed by atoms with Crippen LogP contribution in [0.4, 0.5) is 0 Å². The molecule has 4 nitrogen and oxygen atoms in total. The van der Waals surface area contributed by atoms with Gasteiger partial charge in [0, 0.05) is 26.2 Å². The van der Waals surface area contributed by atoms with Gasteiger partial charge in [-0.1, -0.05) is 0 Å². The first-order valence-corrected chi connectivity index (χ1v) is 3.82. The fraction of sp³-hybridized carbons (Fsp3) is 0.857. The molecule has 0 aliphatic carbocycles. The third-order valence-electron chi connectivity index (χ3n) is 1.88. The smallest absolute Gasteiger partial charge is 0.419 e. The summed E-state index contributed by atoms with van der Waals surface area (Å²) in [5.41, 5.74) is 0. The Morgan fingerprint density at radius 2 is 2.18 bits per heavy atom. The van der Waals surface area contributed by atoms with Crippen molar-refractivity contribution >= 4 is 6.47 Å². The standard InChI is InChI=1S/C7H13N2O2/c1-7(11-6-10)9-4-2-8-3-5-9/h7-8H,2-5H2,1H3. The number of nitrogens with zero attached hydrogens (tertiary/aromatic N) is 1. The van der Waals surface area contributed by atoms with Gasteiger partial charge < -0.3 is 10.1 Å². The minimum Gasteiger partial charge on any atom is -0.438 e. The van der Waals surface area contributed by atoms with Crippen LogP contribution >= 0.6 is 0 Å². The summed E-state index contributed by atoms with van der Waals surface area (Å²) in [4.78, 5) is 12.0. The Hall–Kier alpha value is -0.610. The Labute approximate surface area is 66.5 Å². The van der Waals surface area contributed by atoms with E-state index >= 15 is 0 Å². The van der Waals surface area contributed by atoms with Gasteiger partial charge in [0.2, 0.25) is 0 Å². The van der Waals surface area contributed by atoms with Crippen LogP contribution in [0.2, 0.25) is 0 Å². The molecule has 0 aromatic rings. The number of carbonyl (C=O) groups excluding carboxylic acids is 1. The lowest BCUT2D eigenvalue weighted by molar-refractivity contribution is 0.0195. The zero-order chi connectivity index (χ0) is 8.10. The molecule has 63 valence electrons. The quantitative estimate of drug-likeness (QED) is 0.589. The predicted molar refractivity (Wildman–Crippen MR) is 40.7 cm³/mol. The molecule has 0 aromatic carbocycles. The van der Waals surface area contributed by atoms with Crippen LogP contribution in [0.1, 0.15) is 6.92 Å². The van der Waals surface area contributed by atoms with Crippen molar-refractivity contribution in [2.45, 2.75) is 13.2 Å². The van der Waals surface area contributed by atoms with Crippen LogP contribution in [0.3, 0.4) is 0 Å². The molecule has 0 aromatic heterocycles. The molecule has 0 bridgehead atoms. The molecule has 1 aliphatic heterocycles. The Kier molecular flexibility index (Phi) is 3.32. The zero-order valence-corrected chi connectivity index (χ0v) is 6.67. The van der Waals surface area contributed by atoms with E-state index in [0.717, 1.165) is 26.2 Å². The summed E-state index contributed by atoms with van der Waals surface area (Å²) in [5.74, 6) is 0. The third-order valence-corrected chi connectivity index (χ3v) is 1.88. The molecular formula is C7H13N2O2. The van der Waals surface area contributed by atoms with E-state index in [-0.39, 0.29) is 6.23 Å². The van der Waals surface area contributed by atoms with E-state index in [9.17, 15) is 4.79 Å². The van der Waals surface area contributed by atoms with Gasteiger partial charge in [-0.2, -0.15) is 0 Å². The van der Waals surface area contributed by atoms with E-state index in [1.807, 2.05) is 6.92 Å². The van der Waals surface area contributed by atoms with Gasteiger partial charge in [-0.3, -0.25) is 4.90 Å². The van der Waals surface area contributed by atoms with Gasteiger partial charge in [-0.25, -0.2) is 4.79 Å². The normalized spacial score (nSPS) is 22.6. The minimum atomic E-state index is -0.130. The Morgan fingerprint density at radius 1 is 1.55 bits per heavy atom. The van der Waals surface area contributed by atoms with E-state index in [1.54, 1.807) is 0 Å². The van der Waals surface area contributed by atoms with Gasteiger partial charge in [0.1, 0.15) is 0 Å². The summed E-state index contributed by atoms with van der Waals surface area (Å²) in [6.07, 6.45) is -0.130. The van der Waals surface area contributed by atoms with Crippen molar-refractivity contribution in [2.75, 3.05) is 26.2 Å². The molecule has 1 fully saturated rings. The highest BCUT2D eigenvalue weighted by Gasteiger charge is 2.16. The summed E-state index contributed by atoms with van der Waals surface area (Å²) in [6.45, 7) is 7.11. The van der Waals surface area contributed by atoms with E-state index < -0.39 is 0 Å². The first-order chi connectivity index (χ1) is 5.34. The average Bonchev–Trinajstić information content (AvgIpc) is 2.07. The topological polar surface area (TPSA) is 41.6 Å². The van der Waals surface area contributed by atoms with Gasteiger partial charge >= 0.3 is 6.47 Å². The molecule has 1 aliphatic rings. The van der Waals surface area contributed by atoms with Gasteiger partial charge in [-0.05, 0) is 6.92 Å². The van der Waals surface area contributed by atoms with Gasteiger partial charge in [0.25, 0.3) is 0 Å². The molecule has 1 N–H and O–H groups in total. The van der Waals surface area contributed by atoms with Crippen molar-refractivity contribution in [2.24, 2.45) is 0 Å². The molecule has 0 spiro atoms. The molecule has 1 unspecified atom stereocenters. The van der Waals surface area contributed by atoms with Crippen LogP contribution in [-0.4, -0.2) is 43.8 Å². The lowest BCUT2D eigenvalue weighted by Crippen LogP contribution is -2.48. The van der Waals surface area contributed by atoms with Gasteiger partial charge in [0.15, 0.2) is 6.23 Å². The molecule has 11 heavy (non-hydrogen) atoms. The maximum Gasteiger partial charge on any atom is 0.419 e. The maximum atomic E-state index is 9.87. The molecule has 0 amide bonds. The van der Waals surface area contributed by atoms with Crippen LogP contribution < -0.4 is 5.32 Å². The fourth-order valence-electron chi connectivity index (χ4n) is 1.19. The van der Waals surface area contributed by atoms with Crippen LogP contribution in [0.25, 0.3) is 0 Å². The first-order valence-electron chi connectivity index (χ1n) is 3.82. The lowest BCUT2D eigenvalue weighted by Gasteiger charge is -2.30. The Bertz CT molecular complexity index is 124. The van der Waals surface area contributed by atoms with Crippen molar-refractivity contribution in [1.82, 2.24) is 10.2 Å². The molecule has 1 atom stereocenters. The van der Waals surface area contributed by atoms with E-state index in [4.69, 9.17) is 0 Å². The molecule has 1 saturated heterocycles. The minimum absolute atomic E-state index is 0.130. The molecule has 4 heteroatoms. The summed E-state index contributed by atoms with van der Waals surface area (Å²) in [7, 11) is 0. The molecular weight excluding hydrogens is 144 g/mol. The number of piperazine rings is 1. The number of hydrogen-bond donors (Lipinski definition) is 1. The van der Waals surface area contributed by atoms with Crippen molar-refractivity contribution in [3.05, 3.63) is 0 Å². The van der Waals surface area contributed by atoms with E-state index in [0.29, 0.717) is 0 Å². The van der Waals surface area contributed by atoms with Crippen LogP contribution in [-0.2, 0) is 9.53 Å². The second kappa shape index (κ2) is 4.31. The van der Waals surface area contributed by atoms with Crippen molar-refractivity contribution in [3.8, 4) is 0 Å². The highest BCUT2D eigenvalue weighted by atomic mass is 16.5. The van der Waals surface area contributed by atoms with Crippen LogP contribution in [0.15, 0.2) is 0 Å². The summed E-state index contributed by atoms with van der Waals surface area (Å²) < 4.78 is 4.67. The average molecular weight is 157 g/mol. The lowest BCUT2D eigenvalue weighted by atomic mass is 10.3. The van der Waals surface area contributed by atoms with Gasteiger partial charge in [-0.15, -0.1) is 0 Å². The molecule has 1 heterocycles. The molecule has 0 saturated carbocycles. The first kappa shape index (κ1) is 8.49. The van der Waals surface area contributed by atoms with Gasteiger partial charge in [0.05, 0.1) is 0 Å². The van der Waals surface area contributed by atoms with Crippen molar-refractivity contribution in [1.29, 1.82) is 0 Å². The van der Waals surface area contributed by atoms with Crippen LogP contribution in [0, 0.1) is 0 Å².